The largest absolute Gasteiger partial charge is 0.344 e. The second kappa shape index (κ2) is 7.69. The van der Waals surface area contributed by atoms with Crippen molar-refractivity contribution in [2.24, 2.45) is 11.7 Å². The zero-order valence-electron chi connectivity index (χ0n) is 11.4. The van der Waals surface area contributed by atoms with Crippen LogP contribution in [0.1, 0.15) is 25.8 Å². The Morgan fingerprint density at radius 3 is 2.47 bits per heavy atom. The molecule has 0 aliphatic heterocycles. The van der Waals surface area contributed by atoms with Crippen LogP contribution in [0.2, 0.25) is 0 Å². The summed E-state index contributed by atoms with van der Waals surface area (Å²) >= 11 is 0. The van der Waals surface area contributed by atoms with Crippen LogP contribution in [0.3, 0.4) is 0 Å². The maximum atomic E-state index is 11.8. The van der Waals surface area contributed by atoms with Crippen LogP contribution in [0.4, 0.5) is 0 Å². The molecular formula is C15H21N2O2. The maximum absolute atomic E-state index is 11.8. The first-order chi connectivity index (χ1) is 9.02. The molecule has 4 nitrogen and oxygen atoms in total. The standard InChI is InChI=1S/C15H21N2O2/c1-11(2)8-14(16)15(19)17-13(10-18)9-12-6-4-3-5-7-12/h3-7,11,13-14H,8-9,16H2,1-2H3,(H,17,19)/t13-,14-/m0/s1. The molecule has 1 rings (SSSR count). The summed E-state index contributed by atoms with van der Waals surface area (Å²) in [7, 11) is 0. The smallest absolute Gasteiger partial charge is 0.237 e. The van der Waals surface area contributed by atoms with Crippen molar-refractivity contribution in [1.29, 1.82) is 0 Å². The maximum Gasteiger partial charge on any atom is 0.237 e. The summed E-state index contributed by atoms with van der Waals surface area (Å²) in [5, 5.41) is 2.63. The van der Waals surface area contributed by atoms with Gasteiger partial charge in [-0.25, -0.2) is 0 Å². The average molecular weight is 261 g/mol. The molecule has 0 saturated heterocycles. The SMILES string of the molecule is CC(C)C[C@H](N)C(=O)N[C@H]([C]=O)Cc1ccccc1. The molecule has 0 aromatic heterocycles. The molecule has 0 fully saturated rings. The molecule has 3 N–H and O–H groups in total. The molecule has 1 aromatic rings. The Balaban J connectivity index is 2.52. The Kier molecular flexibility index (Phi) is 6.22. The average Bonchev–Trinajstić information content (AvgIpc) is 2.38. The van der Waals surface area contributed by atoms with Crippen LogP contribution in [0.5, 0.6) is 0 Å². The highest BCUT2D eigenvalue weighted by molar-refractivity contribution is 5.84. The Bertz CT molecular complexity index is 404. The minimum absolute atomic E-state index is 0.294. The van der Waals surface area contributed by atoms with Gasteiger partial charge in [-0.2, -0.15) is 0 Å². The molecule has 0 spiro atoms. The zero-order valence-corrected chi connectivity index (χ0v) is 11.4. The third-order valence-corrected chi connectivity index (χ3v) is 2.80. The summed E-state index contributed by atoms with van der Waals surface area (Å²) < 4.78 is 0. The van der Waals surface area contributed by atoms with E-state index in [1.807, 2.05) is 50.5 Å². The van der Waals surface area contributed by atoms with Crippen molar-refractivity contribution >= 4 is 12.2 Å². The highest BCUT2D eigenvalue weighted by Gasteiger charge is 2.19. The summed E-state index contributed by atoms with van der Waals surface area (Å²) in [4.78, 5) is 22.7. The Labute approximate surface area is 114 Å². The van der Waals surface area contributed by atoms with E-state index in [2.05, 4.69) is 5.32 Å². The number of nitrogens with one attached hydrogen (secondary N) is 1. The minimum Gasteiger partial charge on any atom is -0.344 e. The quantitative estimate of drug-likeness (QED) is 0.774. The summed E-state index contributed by atoms with van der Waals surface area (Å²) in [6, 6.07) is 8.28. The minimum atomic E-state index is -0.645. The fraction of sp³-hybridized carbons (Fsp3) is 0.467. The van der Waals surface area contributed by atoms with Crippen molar-refractivity contribution in [3.05, 3.63) is 35.9 Å². The summed E-state index contributed by atoms with van der Waals surface area (Å²) in [5.74, 6) is 0.0477. The molecule has 1 amide bonds. The van der Waals surface area contributed by atoms with Gasteiger partial charge in [0.05, 0.1) is 12.1 Å². The van der Waals surface area contributed by atoms with Gasteiger partial charge in [-0.1, -0.05) is 44.2 Å². The number of carbonyl (C=O) groups excluding carboxylic acids is 2. The monoisotopic (exact) mass is 261 g/mol. The van der Waals surface area contributed by atoms with Gasteiger partial charge in [0.25, 0.3) is 0 Å². The van der Waals surface area contributed by atoms with Crippen LogP contribution in [0.15, 0.2) is 30.3 Å². The Hall–Kier alpha value is -1.68. The molecule has 19 heavy (non-hydrogen) atoms. The van der Waals surface area contributed by atoms with Gasteiger partial charge in [0.2, 0.25) is 12.2 Å². The van der Waals surface area contributed by atoms with E-state index in [1.54, 1.807) is 0 Å². The summed E-state index contributed by atoms with van der Waals surface area (Å²) in [6.07, 6.45) is 2.89. The molecule has 0 aliphatic carbocycles. The molecule has 0 saturated carbocycles. The lowest BCUT2D eigenvalue weighted by Gasteiger charge is -2.17. The normalized spacial score (nSPS) is 13.9. The Morgan fingerprint density at radius 1 is 1.32 bits per heavy atom. The number of hydrogen-bond donors (Lipinski definition) is 2. The lowest BCUT2D eigenvalue weighted by molar-refractivity contribution is -0.123. The number of benzene rings is 1. The fourth-order valence-corrected chi connectivity index (χ4v) is 1.87. The molecule has 1 radical (unpaired) electrons. The van der Waals surface area contributed by atoms with Gasteiger partial charge in [-0.05, 0) is 17.9 Å². The van der Waals surface area contributed by atoms with E-state index in [1.165, 1.54) is 0 Å². The fourth-order valence-electron chi connectivity index (χ4n) is 1.87. The van der Waals surface area contributed by atoms with Crippen molar-refractivity contribution in [2.45, 2.75) is 38.8 Å². The molecular weight excluding hydrogens is 240 g/mol. The van der Waals surface area contributed by atoms with E-state index in [9.17, 15) is 9.59 Å². The van der Waals surface area contributed by atoms with E-state index >= 15 is 0 Å². The van der Waals surface area contributed by atoms with Gasteiger partial charge < -0.3 is 11.1 Å². The second-order valence-corrected chi connectivity index (χ2v) is 5.10. The lowest BCUT2D eigenvalue weighted by Crippen LogP contribution is -2.47. The van der Waals surface area contributed by atoms with Gasteiger partial charge in [-0.15, -0.1) is 0 Å². The predicted octanol–water partition coefficient (Wildman–Crippen LogP) is 1.20. The van der Waals surface area contributed by atoms with Crippen molar-refractivity contribution in [3.8, 4) is 0 Å². The summed E-state index contributed by atoms with van der Waals surface area (Å²) in [6.45, 7) is 4.00. The van der Waals surface area contributed by atoms with E-state index in [0.29, 0.717) is 18.8 Å². The number of rotatable bonds is 7. The predicted molar refractivity (Wildman–Crippen MR) is 75.2 cm³/mol. The number of amides is 1. The van der Waals surface area contributed by atoms with E-state index < -0.39 is 12.1 Å². The van der Waals surface area contributed by atoms with Crippen LogP contribution in [0.25, 0.3) is 0 Å². The number of nitrogens with two attached hydrogens (primary N) is 1. The van der Waals surface area contributed by atoms with Crippen LogP contribution >= 0.6 is 0 Å². The molecule has 103 valence electrons. The van der Waals surface area contributed by atoms with Crippen LogP contribution in [-0.2, 0) is 16.0 Å². The van der Waals surface area contributed by atoms with Gasteiger partial charge in [0.15, 0.2) is 0 Å². The molecule has 0 heterocycles. The molecule has 0 aliphatic rings. The molecule has 2 atom stereocenters. The van der Waals surface area contributed by atoms with Crippen LogP contribution < -0.4 is 11.1 Å². The van der Waals surface area contributed by atoms with Gasteiger partial charge in [0, 0.05) is 6.42 Å². The molecule has 0 bridgehead atoms. The van der Waals surface area contributed by atoms with Crippen molar-refractivity contribution in [2.75, 3.05) is 0 Å². The molecule has 0 unspecified atom stereocenters. The summed E-state index contributed by atoms with van der Waals surface area (Å²) in [5.41, 5.74) is 6.75. The van der Waals surface area contributed by atoms with Gasteiger partial charge in [-0.3, -0.25) is 9.59 Å². The number of carbonyl (C=O) groups is 1. The third kappa shape index (κ3) is 5.66. The van der Waals surface area contributed by atoms with Crippen LogP contribution in [-0.4, -0.2) is 24.3 Å². The topological polar surface area (TPSA) is 72.2 Å². The highest BCUT2D eigenvalue weighted by Crippen LogP contribution is 2.05. The highest BCUT2D eigenvalue weighted by atomic mass is 16.2. The first-order valence-corrected chi connectivity index (χ1v) is 6.50. The van der Waals surface area contributed by atoms with Crippen molar-refractivity contribution in [1.82, 2.24) is 5.32 Å². The first-order valence-electron chi connectivity index (χ1n) is 6.50. The molecule has 1 aromatic carbocycles. The van der Waals surface area contributed by atoms with Gasteiger partial charge in [0.1, 0.15) is 0 Å². The van der Waals surface area contributed by atoms with E-state index in [-0.39, 0.29) is 5.91 Å². The third-order valence-electron chi connectivity index (χ3n) is 2.80. The van der Waals surface area contributed by atoms with Crippen molar-refractivity contribution in [3.63, 3.8) is 0 Å². The Morgan fingerprint density at radius 2 is 1.95 bits per heavy atom. The zero-order chi connectivity index (χ0) is 14.3. The molecule has 4 heteroatoms. The van der Waals surface area contributed by atoms with Gasteiger partial charge >= 0.3 is 0 Å². The van der Waals surface area contributed by atoms with E-state index in [4.69, 9.17) is 5.73 Å². The second-order valence-electron chi connectivity index (χ2n) is 5.10. The first kappa shape index (κ1) is 15.4. The van der Waals surface area contributed by atoms with Crippen molar-refractivity contribution < 1.29 is 9.59 Å². The van der Waals surface area contributed by atoms with Crippen LogP contribution in [0, 0.1) is 5.92 Å². The number of hydrogen-bond acceptors (Lipinski definition) is 3. The van der Waals surface area contributed by atoms with E-state index in [0.717, 1.165) is 5.56 Å². The lowest BCUT2D eigenvalue weighted by atomic mass is 10.0.